The molecule has 0 bridgehead atoms. The maximum Gasteiger partial charge on any atom is 0.240 e. The molecule has 4 aromatic rings. The fraction of sp³-hybridized carbons (Fsp3) is 0.276. The molecule has 0 unspecified atom stereocenters. The molecule has 0 fully saturated rings. The standard InChI is InChI=1S/C29H28ClFN4O2S2/c1-29(2,3)27-25-26(19-12-13-38-16-19)39-17-24(37)34(15-23(36)32-14-18-8-10-20(31)11-9-18)28(25)35(33-27)22-7-5-4-6-21(22)30/h4-13,16,26H,14-15,17H2,1-3H3,(H,32,36)/t26-/m0/s1. The zero-order valence-electron chi connectivity index (χ0n) is 21.8. The second-order valence-electron chi connectivity index (χ2n) is 10.3. The number of aromatic nitrogens is 2. The number of hydrogen-bond acceptors (Lipinski definition) is 5. The number of para-hydroxylation sites is 1. The molecule has 1 aliphatic rings. The van der Waals surface area contributed by atoms with E-state index < -0.39 is 0 Å². The monoisotopic (exact) mass is 582 g/mol. The van der Waals surface area contributed by atoms with Crippen LogP contribution in [0.1, 0.15) is 48.4 Å². The Kier molecular flexibility index (Phi) is 7.84. The molecule has 1 N–H and O–H groups in total. The lowest BCUT2D eigenvalue weighted by Crippen LogP contribution is -2.42. The zero-order valence-corrected chi connectivity index (χ0v) is 24.2. The van der Waals surface area contributed by atoms with Crippen molar-refractivity contribution >= 4 is 52.3 Å². The maximum absolute atomic E-state index is 13.7. The number of hydrogen-bond donors (Lipinski definition) is 1. The number of fused-ring (bicyclic) bond motifs is 1. The highest BCUT2D eigenvalue weighted by Gasteiger charge is 2.40. The van der Waals surface area contributed by atoms with Crippen LogP contribution in [-0.4, -0.2) is 33.9 Å². The number of rotatable bonds is 6. The Morgan fingerprint density at radius 1 is 1.15 bits per heavy atom. The summed E-state index contributed by atoms with van der Waals surface area (Å²) < 4.78 is 15.0. The summed E-state index contributed by atoms with van der Waals surface area (Å²) in [4.78, 5) is 28.4. The summed E-state index contributed by atoms with van der Waals surface area (Å²) in [5.74, 6) is -0.109. The summed E-state index contributed by atoms with van der Waals surface area (Å²) in [5, 5.41) is 12.4. The molecule has 0 radical (unpaired) electrons. The molecule has 0 spiro atoms. The molecule has 1 aliphatic heterocycles. The van der Waals surface area contributed by atoms with Crippen LogP contribution < -0.4 is 10.2 Å². The Morgan fingerprint density at radius 3 is 2.56 bits per heavy atom. The highest BCUT2D eigenvalue weighted by Crippen LogP contribution is 2.49. The van der Waals surface area contributed by atoms with Gasteiger partial charge in [0.25, 0.3) is 0 Å². The third-order valence-electron chi connectivity index (χ3n) is 6.43. The number of halogens is 2. The number of benzene rings is 2. The molecule has 202 valence electrons. The molecular weight excluding hydrogens is 555 g/mol. The van der Waals surface area contributed by atoms with Crippen LogP contribution in [0.15, 0.2) is 65.4 Å². The lowest BCUT2D eigenvalue weighted by atomic mass is 9.87. The van der Waals surface area contributed by atoms with Crippen molar-refractivity contribution in [3.63, 3.8) is 0 Å². The lowest BCUT2D eigenvalue weighted by molar-refractivity contribution is -0.123. The molecule has 1 atom stereocenters. The largest absolute Gasteiger partial charge is 0.350 e. The zero-order chi connectivity index (χ0) is 27.7. The van der Waals surface area contributed by atoms with E-state index in [-0.39, 0.29) is 47.1 Å². The quantitative estimate of drug-likeness (QED) is 0.281. The number of nitrogens with one attached hydrogen (secondary N) is 1. The maximum atomic E-state index is 13.7. The molecule has 0 saturated carbocycles. The fourth-order valence-corrected chi connectivity index (χ4v) is 6.73. The van der Waals surface area contributed by atoms with E-state index in [0.717, 1.165) is 22.4 Å². The van der Waals surface area contributed by atoms with Crippen molar-refractivity contribution in [2.24, 2.45) is 0 Å². The lowest BCUT2D eigenvalue weighted by Gasteiger charge is -2.24. The smallest absolute Gasteiger partial charge is 0.240 e. The van der Waals surface area contributed by atoms with E-state index in [1.54, 1.807) is 34.2 Å². The summed E-state index contributed by atoms with van der Waals surface area (Å²) in [6, 6.07) is 15.4. The van der Waals surface area contributed by atoms with Crippen molar-refractivity contribution in [3.8, 4) is 5.69 Å². The average Bonchev–Trinajstić information content (AvgIpc) is 3.54. The van der Waals surface area contributed by atoms with Gasteiger partial charge in [-0.05, 0) is 52.2 Å². The van der Waals surface area contributed by atoms with E-state index in [9.17, 15) is 14.0 Å². The summed E-state index contributed by atoms with van der Waals surface area (Å²) in [5.41, 5.74) is 3.87. The van der Waals surface area contributed by atoms with E-state index >= 15 is 0 Å². The molecule has 5 rings (SSSR count). The van der Waals surface area contributed by atoms with E-state index in [4.69, 9.17) is 16.7 Å². The minimum atomic E-state index is -0.352. The number of thiophene rings is 1. The molecule has 2 aromatic carbocycles. The van der Waals surface area contributed by atoms with Gasteiger partial charge in [-0.1, -0.05) is 56.6 Å². The summed E-state index contributed by atoms with van der Waals surface area (Å²) >= 11 is 9.79. The second kappa shape index (κ2) is 11.2. The van der Waals surface area contributed by atoms with Gasteiger partial charge in [-0.3, -0.25) is 14.5 Å². The molecule has 0 aliphatic carbocycles. The van der Waals surface area contributed by atoms with Crippen LogP contribution in [0.25, 0.3) is 5.69 Å². The van der Waals surface area contributed by atoms with E-state index in [2.05, 4.69) is 37.5 Å². The predicted molar refractivity (Wildman–Crippen MR) is 156 cm³/mol. The van der Waals surface area contributed by atoms with Crippen molar-refractivity contribution < 1.29 is 14.0 Å². The van der Waals surface area contributed by atoms with Crippen LogP contribution in [0.4, 0.5) is 10.2 Å². The third-order valence-corrected chi connectivity index (χ3v) is 8.71. The summed E-state index contributed by atoms with van der Waals surface area (Å²) in [6.45, 7) is 6.30. The van der Waals surface area contributed by atoms with Crippen LogP contribution in [0.5, 0.6) is 0 Å². The molecule has 3 heterocycles. The highest BCUT2D eigenvalue weighted by atomic mass is 35.5. The van der Waals surface area contributed by atoms with Crippen molar-refractivity contribution in [1.29, 1.82) is 0 Å². The van der Waals surface area contributed by atoms with Crippen molar-refractivity contribution in [2.45, 2.75) is 38.0 Å². The Morgan fingerprint density at radius 2 is 1.90 bits per heavy atom. The first kappa shape index (κ1) is 27.4. The molecular formula is C29H28ClFN4O2S2. The van der Waals surface area contributed by atoms with Crippen molar-refractivity contribution in [2.75, 3.05) is 17.2 Å². The molecule has 2 aromatic heterocycles. The van der Waals surface area contributed by atoms with Gasteiger partial charge >= 0.3 is 0 Å². The number of carbonyl (C=O) groups is 2. The van der Waals surface area contributed by atoms with Gasteiger partial charge in [-0.15, -0.1) is 11.8 Å². The van der Waals surface area contributed by atoms with Crippen LogP contribution in [0, 0.1) is 5.82 Å². The Bertz CT molecular complexity index is 1500. The number of nitrogens with zero attached hydrogens (tertiary/aromatic N) is 3. The number of anilines is 1. The van der Waals surface area contributed by atoms with Crippen LogP contribution in [-0.2, 0) is 21.5 Å². The first-order chi connectivity index (χ1) is 18.6. The van der Waals surface area contributed by atoms with Gasteiger partial charge < -0.3 is 5.32 Å². The molecule has 6 nitrogen and oxygen atoms in total. The normalized spacial score (nSPS) is 15.7. The van der Waals surface area contributed by atoms with Gasteiger partial charge in [0.1, 0.15) is 18.2 Å². The number of thioether (sulfide) groups is 1. The minimum Gasteiger partial charge on any atom is -0.350 e. The van der Waals surface area contributed by atoms with Gasteiger partial charge in [0, 0.05) is 17.5 Å². The summed E-state index contributed by atoms with van der Waals surface area (Å²) in [6.07, 6.45) is 0. The van der Waals surface area contributed by atoms with Gasteiger partial charge in [0.05, 0.1) is 27.4 Å². The highest BCUT2D eigenvalue weighted by molar-refractivity contribution is 8.00. The van der Waals surface area contributed by atoms with E-state index in [1.807, 2.05) is 23.6 Å². The van der Waals surface area contributed by atoms with Crippen LogP contribution in [0.3, 0.4) is 0 Å². The van der Waals surface area contributed by atoms with Crippen LogP contribution in [0.2, 0.25) is 5.02 Å². The number of carbonyl (C=O) groups excluding carboxylic acids is 2. The van der Waals surface area contributed by atoms with Gasteiger partial charge in [0.2, 0.25) is 11.8 Å². The molecule has 10 heteroatoms. The average molecular weight is 583 g/mol. The molecule has 39 heavy (non-hydrogen) atoms. The first-order valence-electron chi connectivity index (χ1n) is 12.5. The predicted octanol–water partition coefficient (Wildman–Crippen LogP) is 6.51. The van der Waals surface area contributed by atoms with Gasteiger partial charge in [-0.25, -0.2) is 9.07 Å². The van der Waals surface area contributed by atoms with E-state index in [0.29, 0.717) is 16.5 Å². The Balaban J connectivity index is 1.62. The fourth-order valence-electron chi connectivity index (χ4n) is 4.55. The number of amides is 2. The van der Waals surface area contributed by atoms with E-state index in [1.165, 1.54) is 28.8 Å². The Hall–Kier alpha value is -3.14. The first-order valence-corrected chi connectivity index (χ1v) is 14.8. The van der Waals surface area contributed by atoms with Crippen molar-refractivity contribution in [1.82, 2.24) is 15.1 Å². The van der Waals surface area contributed by atoms with Crippen molar-refractivity contribution in [3.05, 3.63) is 98.6 Å². The second-order valence-corrected chi connectivity index (χ2v) is 12.6. The molecule has 0 saturated heterocycles. The Labute approximate surface area is 240 Å². The van der Waals surface area contributed by atoms with Gasteiger partial charge in [0.15, 0.2) is 0 Å². The topological polar surface area (TPSA) is 67.2 Å². The summed E-state index contributed by atoms with van der Waals surface area (Å²) in [7, 11) is 0. The molecule has 2 amide bonds. The third kappa shape index (κ3) is 5.76. The van der Waals surface area contributed by atoms with Gasteiger partial charge in [-0.2, -0.15) is 16.4 Å². The minimum absolute atomic E-state index is 0.145. The van der Waals surface area contributed by atoms with Crippen LogP contribution >= 0.6 is 34.7 Å². The SMILES string of the molecule is CC(C)(C)c1nn(-c2ccccc2Cl)c2c1[C@H](c1ccsc1)SCC(=O)N2CC(=O)NCc1ccc(F)cc1.